The maximum Gasteiger partial charge on any atom is 0.257 e. The molecule has 0 saturated carbocycles. The van der Waals surface area contributed by atoms with E-state index in [-0.39, 0.29) is 11.0 Å². The van der Waals surface area contributed by atoms with Gasteiger partial charge in [-0.25, -0.2) is 0 Å². The highest BCUT2D eigenvalue weighted by atomic mass is 32.1. The Morgan fingerprint density at radius 3 is 2.67 bits per heavy atom. The van der Waals surface area contributed by atoms with Gasteiger partial charge in [0.15, 0.2) is 10.9 Å². The fraction of sp³-hybridized carbons (Fsp3) is 0.261. The van der Waals surface area contributed by atoms with Gasteiger partial charge in [0, 0.05) is 16.8 Å². The molecule has 2 N–H and O–H groups in total. The van der Waals surface area contributed by atoms with Crippen molar-refractivity contribution >= 4 is 45.2 Å². The van der Waals surface area contributed by atoms with Gasteiger partial charge >= 0.3 is 0 Å². The van der Waals surface area contributed by atoms with Gasteiger partial charge in [-0.2, -0.15) is 9.61 Å². The van der Waals surface area contributed by atoms with E-state index < -0.39 is 0 Å². The lowest BCUT2D eigenvalue weighted by Gasteiger charge is -2.13. The molecule has 0 aliphatic carbocycles. The zero-order valence-corrected chi connectivity index (χ0v) is 20.2. The molecule has 0 spiro atoms. The van der Waals surface area contributed by atoms with Crippen LogP contribution in [0.4, 0.5) is 5.69 Å². The maximum absolute atomic E-state index is 12.6. The van der Waals surface area contributed by atoms with E-state index in [0.717, 1.165) is 51.2 Å². The molecule has 10 heteroatoms. The minimum atomic E-state index is -0.287. The highest BCUT2D eigenvalue weighted by Gasteiger charge is 2.13. The van der Waals surface area contributed by atoms with Crippen molar-refractivity contribution in [2.24, 2.45) is 0 Å². The van der Waals surface area contributed by atoms with Crippen LogP contribution < -0.4 is 15.4 Å². The van der Waals surface area contributed by atoms with Gasteiger partial charge in [-0.15, -0.1) is 10.2 Å². The first kappa shape index (κ1) is 22.8. The van der Waals surface area contributed by atoms with Crippen LogP contribution in [0.15, 0.2) is 42.5 Å². The van der Waals surface area contributed by atoms with E-state index in [0.29, 0.717) is 12.2 Å². The predicted octanol–water partition coefficient (Wildman–Crippen LogP) is 4.78. The Labute approximate surface area is 201 Å². The third-order valence-electron chi connectivity index (χ3n) is 4.99. The number of aryl methyl sites for hydroxylation is 2. The molecule has 0 saturated heterocycles. The number of hydrogen-bond donors (Lipinski definition) is 2. The number of fused-ring (bicyclic) bond motifs is 1. The quantitative estimate of drug-likeness (QED) is 0.291. The van der Waals surface area contributed by atoms with E-state index >= 15 is 0 Å². The molecule has 170 valence electrons. The number of anilines is 1. The minimum absolute atomic E-state index is 0.220. The summed E-state index contributed by atoms with van der Waals surface area (Å²) >= 11 is 6.84. The predicted molar refractivity (Wildman–Crippen MR) is 134 cm³/mol. The van der Waals surface area contributed by atoms with Crippen LogP contribution in [0.1, 0.15) is 41.5 Å². The summed E-state index contributed by atoms with van der Waals surface area (Å²) in [6, 6.07) is 13.0. The second-order valence-corrected chi connectivity index (χ2v) is 8.88. The molecule has 0 radical (unpaired) electrons. The van der Waals surface area contributed by atoms with Crippen LogP contribution in [0.3, 0.4) is 0 Å². The fourth-order valence-corrected chi connectivity index (χ4v) is 4.17. The normalized spacial score (nSPS) is 10.9. The van der Waals surface area contributed by atoms with Crippen LogP contribution in [-0.2, 0) is 0 Å². The lowest BCUT2D eigenvalue weighted by Crippen LogP contribution is -2.34. The Kier molecular flexibility index (Phi) is 6.95. The number of rotatable bonds is 7. The van der Waals surface area contributed by atoms with Crippen molar-refractivity contribution < 1.29 is 9.53 Å². The van der Waals surface area contributed by atoms with Crippen LogP contribution in [0.25, 0.3) is 15.5 Å². The number of hydrogen-bond acceptors (Lipinski definition) is 7. The molecule has 0 fully saturated rings. The van der Waals surface area contributed by atoms with Crippen LogP contribution in [0, 0.1) is 13.8 Å². The molecule has 1 amide bonds. The fourth-order valence-electron chi connectivity index (χ4n) is 3.09. The number of unbranched alkanes of at least 4 members (excludes halogenated alkanes) is 1. The minimum Gasteiger partial charge on any atom is -0.494 e. The Balaban J connectivity index is 1.41. The number of ether oxygens (including phenoxy) is 1. The van der Waals surface area contributed by atoms with Crippen molar-refractivity contribution in [1.82, 2.24) is 25.1 Å². The molecule has 2 aromatic heterocycles. The van der Waals surface area contributed by atoms with Crippen molar-refractivity contribution in [2.45, 2.75) is 33.6 Å². The van der Waals surface area contributed by atoms with Gasteiger partial charge in [-0.05, 0) is 68.4 Å². The number of carbonyl (C=O) groups is 1. The zero-order valence-electron chi connectivity index (χ0n) is 18.6. The maximum atomic E-state index is 12.6. The third-order valence-corrected chi connectivity index (χ3v) is 6.14. The Morgan fingerprint density at radius 2 is 1.94 bits per heavy atom. The van der Waals surface area contributed by atoms with Crippen molar-refractivity contribution in [2.75, 3.05) is 11.9 Å². The number of nitrogens with zero attached hydrogens (tertiary/aromatic N) is 4. The first-order chi connectivity index (χ1) is 15.9. The molecule has 2 heterocycles. The molecule has 4 rings (SSSR count). The molecule has 2 aromatic carbocycles. The van der Waals surface area contributed by atoms with Crippen molar-refractivity contribution in [3.63, 3.8) is 0 Å². The summed E-state index contributed by atoms with van der Waals surface area (Å²) in [4.78, 5) is 13.3. The lowest BCUT2D eigenvalue weighted by molar-refractivity contribution is 0.0977. The van der Waals surface area contributed by atoms with Crippen molar-refractivity contribution in [3.8, 4) is 16.3 Å². The number of amides is 1. The van der Waals surface area contributed by atoms with Crippen molar-refractivity contribution in [3.05, 3.63) is 59.4 Å². The Bertz CT molecular complexity index is 1300. The molecule has 0 aliphatic heterocycles. The number of nitrogens with one attached hydrogen (secondary N) is 2. The Morgan fingerprint density at radius 1 is 1.15 bits per heavy atom. The van der Waals surface area contributed by atoms with Crippen LogP contribution in [0.2, 0.25) is 0 Å². The SMILES string of the molecule is CCCCOc1ccc(C(=O)NC(=S)Nc2cc(-c3nn4c(C)nnc4s3)ccc2C)cc1. The topological polar surface area (TPSA) is 93.4 Å². The molecular weight excluding hydrogens is 456 g/mol. The van der Waals surface area contributed by atoms with Crippen molar-refractivity contribution in [1.29, 1.82) is 0 Å². The lowest BCUT2D eigenvalue weighted by atomic mass is 10.1. The molecule has 4 aromatic rings. The third kappa shape index (κ3) is 5.35. The van der Waals surface area contributed by atoms with Gasteiger partial charge in [0.25, 0.3) is 5.91 Å². The number of thiocarbonyl (C=S) groups is 1. The van der Waals surface area contributed by atoms with E-state index in [4.69, 9.17) is 17.0 Å². The average Bonchev–Trinajstić information content (AvgIpc) is 3.38. The van der Waals surface area contributed by atoms with E-state index in [1.807, 2.05) is 32.0 Å². The summed E-state index contributed by atoms with van der Waals surface area (Å²) < 4.78 is 7.36. The summed E-state index contributed by atoms with van der Waals surface area (Å²) in [5, 5.41) is 19.6. The summed E-state index contributed by atoms with van der Waals surface area (Å²) in [5.74, 6) is 1.20. The second kappa shape index (κ2) is 10.1. The van der Waals surface area contributed by atoms with E-state index in [2.05, 4.69) is 32.9 Å². The van der Waals surface area contributed by atoms with Gasteiger partial charge in [-0.3, -0.25) is 10.1 Å². The molecular formula is C23H24N6O2S2. The van der Waals surface area contributed by atoms with Crippen LogP contribution >= 0.6 is 23.6 Å². The summed E-state index contributed by atoms with van der Waals surface area (Å²) in [6.45, 7) is 6.61. The number of benzene rings is 2. The highest BCUT2D eigenvalue weighted by molar-refractivity contribution is 7.80. The first-order valence-electron chi connectivity index (χ1n) is 10.6. The molecule has 0 atom stereocenters. The summed E-state index contributed by atoms with van der Waals surface area (Å²) in [7, 11) is 0. The zero-order chi connectivity index (χ0) is 23.4. The number of aromatic nitrogens is 4. The van der Waals surface area contributed by atoms with E-state index in [1.165, 1.54) is 11.3 Å². The highest BCUT2D eigenvalue weighted by Crippen LogP contribution is 2.29. The molecule has 0 bridgehead atoms. The van der Waals surface area contributed by atoms with Crippen LogP contribution in [-0.4, -0.2) is 37.4 Å². The van der Waals surface area contributed by atoms with Gasteiger partial charge in [0.1, 0.15) is 10.8 Å². The summed E-state index contributed by atoms with van der Waals surface area (Å²) in [5.41, 5.74) is 3.21. The standard InChI is InChI=1S/C23H24N6O2S2/c1-4-5-12-31-18-10-8-16(9-11-18)20(30)25-22(32)24-19-13-17(7-6-14(19)2)21-28-29-15(3)26-27-23(29)33-21/h6-11,13H,4-5,12H2,1-3H3,(H2,24,25,30,32). The smallest absolute Gasteiger partial charge is 0.257 e. The van der Waals surface area contributed by atoms with Gasteiger partial charge in [0.05, 0.1) is 6.61 Å². The largest absolute Gasteiger partial charge is 0.494 e. The molecule has 8 nitrogen and oxygen atoms in total. The monoisotopic (exact) mass is 480 g/mol. The van der Waals surface area contributed by atoms with E-state index in [1.54, 1.807) is 28.8 Å². The van der Waals surface area contributed by atoms with Gasteiger partial charge in [-0.1, -0.05) is 36.8 Å². The first-order valence-corrected chi connectivity index (χ1v) is 11.8. The van der Waals surface area contributed by atoms with Gasteiger partial charge < -0.3 is 10.1 Å². The van der Waals surface area contributed by atoms with Crippen LogP contribution in [0.5, 0.6) is 5.75 Å². The Hall–Kier alpha value is -3.37. The van der Waals surface area contributed by atoms with E-state index in [9.17, 15) is 4.79 Å². The summed E-state index contributed by atoms with van der Waals surface area (Å²) in [6.07, 6.45) is 2.07. The molecule has 0 aliphatic rings. The molecule has 0 unspecified atom stereocenters. The molecule has 33 heavy (non-hydrogen) atoms. The second-order valence-electron chi connectivity index (χ2n) is 7.51. The average molecular weight is 481 g/mol. The number of carbonyl (C=O) groups excluding carboxylic acids is 1. The van der Waals surface area contributed by atoms with Gasteiger partial charge in [0.2, 0.25) is 4.96 Å².